The quantitative estimate of drug-likeness (QED) is 0.839. The molecule has 0 aliphatic carbocycles. The van der Waals surface area contributed by atoms with Crippen molar-refractivity contribution in [3.05, 3.63) is 36.2 Å². The van der Waals surface area contributed by atoms with Crippen LogP contribution in [0.15, 0.2) is 30.3 Å². The van der Waals surface area contributed by atoms with E-state index in [2.05, 4.69) is 15.0 Å². The number of piperazine rings is 1. The van der Waals surface area contributed by atoms with E-state index in [0.717, 1.165) is 17.5 Å². The molecule has 134 valence electrons. The van der Waals surface area contributed by atoms with Gasteiger partial charge in [0.25, 0.3) is 0 Å². The molecular formula is C18H25N5O2. The zero-order chi connectivity index (χ0) is 18.0. The van der Waals surface area contributed by atoms with E-state index >= 15 is 0 Å². The summed E-state index contributed by atoms with van der Waals surface area (Å²) in [6.07, 6.45) is -0.257. The molecule has 1 aromatic heterocycles. The van der Waals surface area contributed by atoms with Gasteiger partial charge in [-0.1, -0.05) is 18.2 Å². The molecule has 7 nitrogen and oxygen atoms in total. The molecule has 7 heteroatoms. The lowest BCUT2D eigenvalue weighted by atomic mass is 10.2. The summed E-state index contributed by atoms with van der Waals surface area (Å²) < 4.78 is 7.31. The van der Waals surface area contributed by atoms with E-state index in [1.54, 1.807) is 4.90 Å². The molecule has 3 rings (SSSR count). The van der Waals surface area contributed by atoms with E-state index in [9.17, 15) is 4.79 Å². The van der Waals surface area contributed by atoms with Crippen molar-refractivity contribution in [1.29, 1.82) is 0 Å². The first-order valence-electron chi connectivity index (χ1n) is 8.55. The Hall–Kier alpha value is -2.57. The van der Waals surface area contributed by atoms with Gasteiger partial charge in [0.05, 0.1) is 5.69 Å². The first-order chi connectivity index (χ1) is 11.8. The minimum Gasteiger partial charge on any atom is -0.444 e. The Bertz CT molecular complexity index is 728. The van der Waals surface area contributed by atoms with Crippen LogP contribution in [0.5, 0.6) is 0 Å². The third-order valence-corrected chi connectivity index (χ3v) is 3.91. The van der Waals surface area contributed by atoms with Crippen molar-refractivity contribution in [3.8, 4) is 5.69 Å². The SMILES string of the molecule is Cc1nc(N2CCN(C(=O)OC(C)(C)C)CC2)n(-c2ccccc2)n1. The highest BCUT2D eigenvalue weighted by molar-refractivity contribution is 5.68. The number of aromatic nitrogens is 3. The monoisotopic (exact) mass is 343 g/mol. The van der Waals surface area contributed by atoms with Crippen molar-refractivity contribution < 1.29 is 9.53 Å². The molecule has 1 saturated heterocycles. The molecule has 0 unspecified atom stereocenters. The molecule has 1 amide bonds. The first-order valence-corrected chi connectivity index (χ1v) is 8.55. The van der Waals surface area contributed by atoms with E-state index < -0.39 is 5.60 Å². The van der Waals surface area contributed by atoms with Crippen molar-refractivity contribution >= 4 is 12.0 Å². The first kappa shape index (κ1) is 17.3. The zero-order valence-electron chi connectivity index (χ0n) is 15.3. The van der Waals surface area contributed by atoms with Gasteiger partial charge in [0.2, 0.25) is 5.95 Å². The van der Waals surface area contributed by atoms with Gasteiger partial charge in [-0.15, -0.1) is 5.10 Å². The van der Waals surface area contributed by atoms with Crippen LogP contribution >= 0.6 is 0 Å². The highest BCUT2D eigenvalue weighted by Crippen LogP contribution is 2.20. The van der Waals surface area contributed by atoms with Gasteiger partial charge in [0, 0.05) is 26.2 Å². The van der Waals surface area contributed by atoms with E-state index in [4.69, 9.17) is 4.74 Å². The van der Waals surface area contributed by atoms with Gasteiger partial charge in [-0.3, -0.25) is 0 Å². The Labute approximate surface area is 148 Å². The zero-order valence-corrected chi connectivity index (χ0v) is 15.3. The number of aryl methyl sites for hydroxylation is 1. The van der Waals surface area contributed by atoms with Crippen molar-refractivity contribution in [3.63, 3.8) is 0 Å². The van der Waals surface area contributed by atoms with Crippen LogP contribution in [0.4, 0.5) is 10.7 Å². The highest BCUT2D eigenvalue weighted by atomic mass is 16.6. The van der Waals surface area contributed by atoms with E-state index in [0.29, 0.717) is 26.2 Å². The number of carbonyl (C=O) groups excluding carboxylic acids is 1. The molecule has 0 saturated carbocycles. The van der Waals surface area contributed by atoms with E-state index in [1.807, 2.05) is 62.7 Å². The minimum absolute atomic E-state index is 0.257. The van der Waals surface area contributed by atoms with E-state index in [1.165, 1.54) is 0 Å². The molecule has 0 radical (unpaired) electrons. The molecule has 1 aliphatic rings. The standard InChI is InChI=1S/C18H25N5O2/c1-14-19-16(23(20-14)15-8-6-5-7-9-15)21-10-12-22(13-11-21)17(24)25-18(2,3)4/h5-9H,10-13H2,1-4H3. The fourth-order valence-corrected chi connectivity index (χ4v) is 2.77. The third kappa shape index (κ3) is 4.10. The fraction of sp³-hybridized carbons (Fsp3) is 0.500. The van der Waals surface area contributed by atoms with Crippen LogP contribution in [0.3, 0.4) is 0 Å². The summed E-state index contributed by atoms with van der Waals surface area (Å²) in [6, 6.07) is 9.96. The number of carbonyl (C=O) groups is 1. The summed E-state index contributed by atoms with van der Waals surface area (Å²) in [5, 5.41) is 4.52. The maximum absolute atomic E-state index is 12.2. The Morgan fingerprint density at radius 3 is 2.32 bits per heavy atom. The molecule has 1 aromatic carbocycles. The molecule has 0 spiro atoms. The summed E-state index contributed by atoms with van der Waals surface area (Å²) >= 11 is 0. The lowest BCUT2D eigenvalue weighted by Crippen LogP contribution is -2.50. The second-order valence-corrected chi connectivity index (χ2v) is 7.16. The van der Waals surface area contributed by atoms with Crippen molar-refractivity contribution in [1.82, 2.24) is 19.7 Å². The summed E-state index contributed by atoms with van der Waals surface area (Å²) in [7, 11) is 0. The number of para-hydroxylation sites is 1. The van der Waals surface area contributed by atoms with Crippen molar-refractivity contribution in [2.75, 3.05) is 31.1 Å². The van der Waals surface area contributed by atoms with Gasteiger partial charge in [0.15, 0.2) is 0 Å². The number of ether oxygens (including phenoxy) is 1. The number of benzene rings is 1. The second-order valence-electron chi connectivity index (χ2n) is 7.16. The summed E-state index contributed by atoms with van der Waals surface area (Å²) in [5.74, 6) is 1.54. The van der Waals surface area contributed by atoms with Gasteiger partial charge in [0.1, 0.15) is 11.4 Å². The number of rotatable bonds is 2. The van der Waals surface area contributed by atoms with Crippen LogP contribution in [-0.4, -0.2) is 57.5 Å². The van der Waals surface area contributed by atoms with Crippen molar-refractivity contribution in [2.24, 2.45) is 0 Å². The Kier molecular flexibility index (Phi) is 4.65. The second kappa shape index (κ2) is 6.74. The molecule has 0 N–H and O–H groups in total. The molecule has 0 bridgehead atoms. The number of nitrogens with zero attached hydrogens (tertiary/aromatic N) is 5. The van der Waals surface area contributed by atoms with Gasteiger partial charge in [-0.05, 0) is 39.8 Å². The predicted octanol–water partition coefficient (Wildman–Crippen LogP) is 2.63. The number of hydrogen-bond donors (Lipinski definition) is 0. The highest BCUT2D eigenvalue weighted by Gasteiger charge is 2.28. The van der Waals surface area contributed by atoms with Crippen LogP contribution in [0.1, 0.15) is 26.6 Å². The Balaban J connectivity index is 1.71. The Morgan fingerprint density at radius 2 is 1.72 bits per heavy atom. The number of amides is 1. The van der Waals surface area contributed by atoms with Crippen molar-refractivity contribution in [2.45, 2.75) is 33.3 Å². The molecule has 1 aliphatic heterocycles. The van der Waals surface area contributed by atoms with Crippen LogP contribution in [0, 0.1) is 6.92 Å². The van der Waals surface area contributed by atoms with Crippen LogP contribution in [-0.2, 0) is 4.74 Å². The molecule has 2 aromatic rings. The lowest BCUT2D eigenvalue weighted by molar-refractivity contribution is 0.0240. The lowest BCUT2D eigenvalue weighted by Gasteiger charge is -2.35. The minimum atomic E-state index is -0.473. The van der Waals surface area contributed by atoms with Gasteiger partial charge in [-0.25, -0.2) is 4.79 Å². The summed E-state index contributed by atoms with van der Waals surface area (Å²) in [4.78, 5) is 20.7. The van der Waals surface area contributed by atoms with Gasteiger partial charge in [-0.2, -0.15) is 9.67 Å². The predicted molar refractivity (Wildman–Crippen MR) is 96.1 cm³/mol. The topological polar surface area (TPSA) is 63.5 Å². The molecular weight excluding hydrogens is 318 g/mol. The number of anilines is 1. The van der Waals surface area contributed by atoms with Crippen LogP contribution in [0.25, 0.3) is 5.69 Å². The van der Waals surface area contributed by atoms with Crippen LogP contribution < -0.4 is 4.90 Å². The molecule has 2 heterocycles. The maximum Gasteiger partial charge on any atom is 0.410 e. The molecule has 1 fully saturated rings. The summed E-state index contributed by atoms with van der Waals surface area (Å²) in [5.41, 5.74) is 0.506. The Morgan fingerprint density at radius 1 is 1.08 bits per heavy atom. The van der Waals surface area contributed by atoms with Gasteiger partial charge < -0.3 is 14.5 Å². The largest absolute Gasteiger partial charge is 0.444 e. The molecule has 25 heavy (non-hydrogen) atoms. The third-order valence-electron chi connectivity index (χ3n) is 3.91. The normalized spacial score (nSPS) is 15.4. The maximum atomic E-state index is 12.2. The summed E-state index contributed by atoms with van der Waals surface area (Å²) in [6.45, 7) is 10.1. The fourth-order valence-electron chi connectivity index (χ4n) is 2.77. The van der Waals surface area contributed by atoms with Gasteiger partial charge >= 0.3 is 6.09 Å². The average molecular weight is 343 g/mol. The average Bonchev–Trinajstić information content (AvgIpc) is 2.96. The smallest absolute Gasteiger partial charge is 0.410 e. The molecule has 0 atom stereocenters. The van der Waals surface area contributed by atoms with Crippen LogP contribution in [0.2, 0.25) is 0 Å². The van der Waals surface area contributed by atoms with E-state index in [-0.39, 0.29) is 6.09 Å². The number of hydrogen-bond acceptors (Lipinski definition) is 5.